The zero-order valence-corrected chi connectivity index (χ0v) is 14.4. The van der Waals surface area contributed by atoms with Crippen LogP contribution in [0.2, 0.25) is 0 Å². The SMILES string of the molecule is COC(=O)C(C)(/C=C/[C@H](C)N1C(=O)c2ccccc2C1=O)C(=O)OC. The van der Waals surface area contributed by atoms with Gasteiger partial charge in [0.25, 0.3) is 11.8 Å². The molecule has 0 saturated heterocycles. The maximum absolute atomic E-state index is 12.4. The third-order valence-electron chi connectivity index (χ3n) is 4.16. The van der Waals surface area contributed by atoms with E-state index in [4.69, 9.17) is 0 Å². The molecule has 1 heterocycles. The van der Waals surface area contributed by atoms with Gasteiger partial charge in [-0.05, 0) is 26.0 Å². The molecule has 0 unspecified atom stereocenters. The van der Waals surface area contributed by atoms with Gasteiger partial charge in [-0.1, -0.05) is 24.3 Å². The van der Waals surface area contributed by atoms with Gasteiger partial charge in [0.2, 0.25) is 0 Å². The standard InChI is InChI=1S/C18H19NO6/c1-11(9-10-18(2,16(22)24-3)17(23)25-4)19-14(20)12-7-5-6-8-13(12)15(19)21/h5-11H,1-4H3/b10-9+/t11-/m0/s1. The summed E-state index contributed by atoms with van der Waals surface area (Å²) in [5, 5.41) is 0. The summed E-state index contributed by atoms with van der Waals surface area (Å²) in [6.07, 6.45) is 2.73. The second-order valence-corrected chi connectivity index (χ2v) is 5.81. The molecule has 25 heavy (non-hydrogen) atoms. The summed E-state index contributed by atoms with van der Waals surface area (Å²) < 4.78 is 9.30. The summed E-state index contributed by atoms with van der Waals surface area (Å²) in [5.74, 6) is -2.44. The van der Waals surface area contributed by atoms with Crippen molar-refractivity contribution in [1.29, 1.82) is 0 Å². The number of carbonyl (C=O) groups excluding carboxylic acids is 4. The van der Waals surface area contributed by atoms with Crippen LogP contribution in [0.25, 0.3) is 0 Å². The Morgan fingerprint density at radius 2 is 1.48 bits per heavy atom. The largest absolute Gasteiger partial charge is 0.468 e. The molecule has 0 saturated carbocycles. The van der Waals surface area contributed by atoms with E-state index >= 15 is 0 Å². The smallest absolute Gasteiger partial charge is 0.326 e. The maximum atomic E-state index is 12.4. The predicted molar refractivity (Wildman–Crippen MR) is 87.7 cm³/mol. The first-order valence-electron chi connectivity index (χ1n) is 7.61. The van der Waals surface area contributed by atoms with E-state index in [1.807, 2.05) is 0 Å². The van der Waals surface area contributed by atoms with E-state index < -0.39 is 35.2 Å². The van der Waals surface area contributed by atoms with Crippen LogP contribution in [0.4, 0.5) is 0 Å². The summed E-state index contributed by atoms with van der Waals surface area (Å²) in [6, 6.07) is 5.86. The molecule has 7 heteroatoms. The Morgan fingerprint density at radius 1 is 1.04 bits per heavy atom. The number of carbonyl (C=O) groups is 4. The van der Waals surface area contributed by atoms with Crippen molar-refractivity contribution in [3.8, 4) is 0 Å². The lowest BCUT2D eigenvalue weighted by Gasteiger charge is -2.23. The van der Waals surface area contributed by atoms with Gasteiger partial charge in [0.15, 0.2) is 5.41 Å². The molecule has 0 aromatic heterocycles. The Balaban J connectivity index is 2.30. The molecule has 0 aliphatic carbocycles. The van der Waals surface area contributed by atoms with Crippen LogP contribution < -0.4 is 0 Å². The van der Waals surface area contributed by atoms with Crippen molar-refractivity contribution in [2.75, 3.05) is 14.2 Å². The number of hydrogen-bond donors (Lipinski definition) is 0. The fourth-order valence-electron chi connectivity index (χ4n) is 2.64. The highest BCUT2D eigenvalue weighted by Crippen LogP contribution is 2.27. The van der Waals surface area contributed by atoms with Gasteiger partial charge in [0, 0.05) is 0 Å². The second kappa shape index (κ2) is 6.88. The summed E-state index contributed by atoms with van der Waals surface area (Å²) in [7, 11) is 2.32. The second-order valence-electron chi connectivity index (χ2n) is 5.81. The van der Waals surface area contributed by atoms with Gasteiger partial charge in [-0.3, -0.25) is 24.1 Å². The van der Waals surface area contributed by atoms with Crippen molar-refractivity contribution < 1.29 is 28.7 Å². The molecule has 1 atom stereocenters. The maximum Gasteiger partial charge on any atom is 0.326 e. The van der Waals surface area contributed by atoms with Crippen molar-refractivity contribution in [3.63, 3.8) is 0 Å². The number of fused-ring (bicyclic) bond motifs is 1. The van der Waals surface area contributed by atoms with Crippen LogP contribution in [0.3, 0.4) is 0 Å². The van der Waals surface area contributed by atoms with Crippen molar-refractivity contribution in [2.45, 2.75) is 19.9 Å². The van der Waals surface area contributed by atoms with Crippen LogP contribution >= 0.6 is 0 Å². The van der Waals surface area contributed by atoms with Gasteiger partial charge < -0.3 is 9.47 Å². The Labute approximate surface area is 145 Å². The number of esters is 2. The van der Waals surface area contributed by atoms with Crippen LogP contribution in [0.5, 0.6) is 0 Å². The Hall–Kier alpha value is -2.96. The van der Waals surface area contributed by atoms with Gasteiger partial charge in [-0.2, -0.15) is 0 Å². The third kappa shape index (κ3) is 3.05. The average Bonchev–Trinajstić information content (AvgIpc) is 2.89. The first kappa shape index (κ1) is 18.4. The van der Waals surface area contributed by atoms with E-state index in [2.05, 4.69) is 9.47 Å². The number of ether oxygens (including phenoxy) is 2. The van der Waals surface area contributed by atoms with Crippen LogP contribution in [-0.4, -0.2) is 48.9 Å². The van der Waals surface area contributed by atoms with Gasteiger partial charge in [-0.15, -0.1) is 0 Å². The van der Waals surface area contributed by atoms with Crippen LogP contribution in [0.1, 0.15) is 34.6 Å². The molecule has 0 spiro atoms. The number of hydrogen-bond acceptors (Lipinski definition) is 6. The van der Waals surface area contributed by atoms with Crippen LogP contribution in [0, 0.1) is 5.41 Å². The number of benzene rings is 1. The van der Waals surface area contributed by atoms with Crippen LogP contribution in [-0.2, 0) is 19.1 Å². The lowest BCUT2D eigenvalue weighted by atomic mass is 9.89. The molecule has 0 bridgehead atoms. The van der Waals surface area contributed by atoms with E-state index in [9.17, 15) is 19.2 Å². The normalized spacial score (nSPS) is 15.3. The molecule has 1 aliphatic heterocycles. The molecule has 2 rings (SSSR count). The fraction of sp³-hybridized carbons (Fsp3) is 0.333. The number of methoxy groups -OCH3 is 2. The molecule has 0 N–H and O–H groups in total. The van der Waals surface area contributed by atoms with Gasteiger partial charge in [0.05, 0.1) is 31.4 Å². The van der Waals surface area contributed by atoms with E-state index in [0.29, 0.717) is 11.1 Å². The summed E-state index contributed by atoms with van der Waals surface area (Å²) in [6.45, 7) is 2.96. The average molecular weight is 345 g/mol. The topological polar surface area (TPSA) is 90.0 Å². The molecule has 2 amide bonds. The molecule has 1 aromatic rings. The molecule has 132 valence electrons. The molecule has 1 aromatic carbocycles. The number of amides is 2. The summed E-state index contributed by atoms with van der Waals surface area (Å²) >= 11 is 0. The van der Waals surface area contributed by atoms with Crippen molar-refractivity contribution in [3.05, 3.63) is 47.5 Å². The lowest BCUT2D eigenvalue weighted by molar-refractivity contribution is -0.163. The Bertz CT molecular complexity index is 716. The summed E-state index contributed by atoms with van der Waals surface area (Å²) in [5.41, 5.74) is -1.01. The highest BCUT2D eigenvalue weighted by atomic mass is 16.5. The number of imide groups is 1. The molecule has 0 fully saturated rings. The first-order valence-corrected chi connectivity index (χ1v) is 7.61. The van der Waals surface area contributed by atoms with Crippen molar-refractivity contribution in [2.24, 2.45) is 5.41 Å². The minimum absolute atomic E-state index is 0.330. The molecule has 0 radical (unpaired) electrons. The van der Waals surface area contributed by atoms with Crippen LogP contribution in [0.15, 0.2) is 36.4 Å². The minimum Gasteiger partial charge on any atom is -0.468 e. The quantitative estimate of drug-likeness (QED) is 0.348. The number of nitrogens with zero attached hydrogens (tertiary/aromatic N) is 1. The Kier molecular flexibility index (Phi) is 5.06. The van der Waals surface area contributed by atoms with E-state index in [0.717, 1.165) is 19.1 Å². The first-order chi connectivity index (χ1) is 11.8. The number of rotatable bonds is 5. The predicted octanol–water partition coefficient (Wildman–Crippen LogP) is 1.58. The van der Waals surface area contributed by atoms with Gasteiger partial charge in [0.1, 0.15) is 0 Å². The van der Waals surface area contributed by atoms with Gasteiger partial charge >= 0.3 is 11.9 Å². The molecule has 1 aliphatic rings. The lowest BCUT2D eigenvalue weighted by Crippen LogP contribution is -2.39. The van der Waals surface area contributed by atoms with E-state index in [1.165, 1.54) is 19.1 Å². The highest BCUT2D eigenvalue weighted by molar-refractivity contribution is 6.21. The Morgan fingerprint density at radius 3 is 1.88 bits per heavy atom. The zero-order chi connectivity index (χ0) is 18.8. The third-order valence-corrected chi connectivity index (χ3v) is 4.16. The zero-order valence-electron chi connectivity index (χ0n) is 14.4. The molecular weight excluding hydrogens is 326 g/mol. The van der Waals surface area contributed by atoms with E-state index in [1.54, 1.807) is 31.2 Å². The minimum atomic E-state index is -1.67. The van der Waals surface area contributed by atoms with Crippen molar-refractivity contribution >= 4 is 23.8 Å². The monoisotopic (exact) mass is 345 g/mol. The highest BCUT2D eigenvalue weighted by Gasteiger charge is 2.42. The summed E-state index contributed by atoms with van der Waals surface area (Å²) in [4.78, 5) is 49.9. The molecular formula is C18H19NO6. The van der Waals surface area contributed by atoms with E-state index in [-0.39, 0.29) is 0 Å². The molecule has 7 nitrogen and oxygen atoms in total. The fourth-order valence-corrected chi connectivity index (χ4v) is 2.64. The van der Waals surface area contributed by atoms with Crippen molar-refractivity contribution in [1.82, 2.24) is 4.90 Å². The van der Waals surface area contributed by atoms with Gasteiger partial charge in [-0.25, -0.2) is 0 Å².